The molecule has 140 valence electrons. The molecule has 2 fully saturated rings. The number of likely N-dealkylation sites (tertiary alicyclic amines) is 1. The van der Waals surface area contributed by atoms with Crippen molar-refractivity contribution in [2.24, 2.45) is 0 Å². The molecule has 26 heavy (non-hydrogen) atoms. The van der Waals surface area contributed by atoms with Crippen molar-refractivity contribution < 1.29 is 4.79 Å². The number of rotatable bonds is 4. The van der Waals surface area contributed by atoms with E-state index in [1.54, 1.807) is 11.3 Å². The van der Waals surface area contributed by atoms with Crippen LogP contribution in [0.4, 0.5) is 0 Å². The van der Waals surface area contributed by atoms with E-state index in [1.807, 2.05) is 15.8 Å². The fourth-order valence-corrected chi connectivity index (χ4v) is 4.85. The van der Waals surface area contributed by atoms with Gasteiger partial charge in [-0.15, -0.1) is 16.4 Å². The Kier molecular flexibility index (Phi) is 5.31. The minimum atomic E-state index is 0.00200. The molecule has 2 aliphatic rings. The fourth-order valence-electron chi connectivity index (χ4n) is 3.82. The summed E-state index contributed by atoms with van der Waals surface area (Å²) in [5.74, 6) is 0.347. The Labute approximate surface area is 157 Å². The van der Waals surface area contributed by atoms with E-state index in [2.05, 4.69) is 27.9 Å². The van der Waals surface area contributed by atoms with Gasteiger partial charge in [0.1, 0.15) is 0 Å². The Morgan fingerprint density at radius 2 is 2.19 bits per heavy atom. The van der Waals surface area contributed by atoms with E-state index in [0.717, 1.165) is 69.0 Å². The first-order chi connectivity index (χ1) is 12.7. The molecule has 8 heteroatoms. The summed E-state index contributed by atoms with van der Waals surface area (Å²) in [7, 11) is 0. The van der Waals surface area contributed by atoms with Crippen LogP contribution in [-0.2, 0) is 6.42 Å². The van der Waals surface area contributed by atoms with Gasteiger partial charge >= 0.3 is 0 Å². The smallest absolute Gasteiger partial charge is 0.276 e. The lowest BCUT2D eigenvalue weighted by Gasteiger charge is -2.31. The summed E-state index contributed by atoms with van der Waals surface area (Å²) in [5, 5.41) is 15.1. The molecule has 0 aromatic carbocycles. The number of amides is 1. The van der Waals surface area contributed by atoms with E-state index in [1.165, 1.54) is 0 Å². The van der Waals surface area contributed by atoms with Crippen LogP contribution in [0.3, 0.4) is 0 Å². The molecule has 4 heterocycles. The second-order valence-corrected chi connectivity index (χ2v) is 8.08. The lowest BCUT2D eigenvalue weighted by atomic mass is 9.98. The Morgan fingerprint density at radius 1 is 1.35 bits per heavy atom. The van der Waals surface area contributed by atoms with Crippen molar-refractivity contribution in [3.8, 4) is 0 Å². The number of nitrogens with one attached hydrogen (secondary N) is 1. The van der Waals surface area contributed by atoms with Gasteiger partial charge < -0.3 is 10.2 Å². The van der Waals surface area contributed by atoms with Crippen molar-refractivity contribution in [2.75, 3.05) is 26.2 Å². The summed E-state index contributed by atoms with van der Waals surface area (Å²) in [5.41, 5.74) is 1.62. The SMILES string of the molecule is CCc1csc(C2CCCN(C(=O)c3cn(C4CCNCC4)nn3)C2)n1. The van der Waals surface area contributed by atoms with E-state index in [-0.39, 0.29) is 5.91 Å². The highest BCUT2D eigenvalue weighted by atomic mass is 32.1. The van der Waals surface area contributed by atoms with Gasteiger partial charge in [0.2, 0.25) is 0 Å². The molecule has 2 aromatic rings. The molecule has 7 nitrogen and oxygen atoms in total. The Morgan fingerprint density at radius 3 is 2.96 bits per heavy atom. The zero-order chi connectivity index (χ0) is 17.9. The summed E-state index contributed by atoms with van der Waals surface area (Å²) in [6, 6.07) is 0.349. The molecule has 1 atom stereocenters. The van der Waals surface area contributed by atoms with E-state index in [0.29, 0.717) is 17.7 Å². The first-order valence-electron chi connectivity index (χ1n) is 9.60. The van der Waals surface area contributed by atoms with E-state index < -0.39 is 0 Å². The average molecular weight is 375 g/mol. The van der Waals surface area contributed by atoms with E-state index in [9.17, 15) is 4.79 Å². The topological polar surface area (TPSA) is 75.9 Å². The van der Waals surface area contributed by atoms with Gasteiger partial charge in [0.25, 0.3) is 5.91 Å². The number of piperidine rings is 2. The summed E-state index contributed by atoms with van der Waals surface area (Å²) >= 11 is 1.73. The van der Waals surface area contributed by atoms with Gasteiger partial charge in [0.15, 0.2) is 5.69 Å². The zero-order valence-electron chi connectivity index (χ0n) is 15.2. The minimum Gasteiger partial charge on any atom is -0.337 e. The van der Waals surface area contributed by atoms with Crippen LogP contribution in [-0.4, -0.2) is 57.0 Å². The predicted molar refractivity (Wildman–Crippen MR) is 101 cm³/mol. The van der Waals surface area contributed by atoms with Crippen LogP contribution < -0.4 is 5.32 Å². The molecule has 0 spiro atoms. The number of hydrogen-bond donors (Lipinski definition) is 1. The third kappa shape index (κ3) is 3.66. The van der Waals surface area contributed by atoms with Crippen molar-refractivity contribution in [1.29, 1.82) is 0 Å². The van der Waals surface area contributed by atoms with Crippen molar-refractivity contribution in [3.63, 3.8) is 0 Å². The van der Waals surface area contributed by atoms with Crippen LogP contribution in [0.15, 0.2) is 11.6 Å². The lowest BCUT2D eigenvalue weighted by molar-refractivity contribution is 0.0701. The Hall–Kier alpha value is -1.80. The first-order valence-corrected chi connectivity index (χ1v) is 10.5. The maximum Gasteiger partial charge on any atom is 0.276 e. The number of nitrogens with zero attached hydrogens (tertiary/aromatic N) is 5. The van der Waals surface area contributed by atoms with Gasteiger partial charge in [0.05, 0.1) is 22.9 Å². The fraction of sp³-hybridized carbons (Fsp3) is 0.667. The molecule has 4 rings (SSSR count). The molecule has 0 radical (unpaired) electrons. The molecule has 2 aliphatic heterocycles. The van der Waals surface area contributed by atoms with Gasteiger partial charge in [-0.05, 0) is 45.2 Å². The number of hydrogen-bond acceptors (Lipinski definition) is 6. The molecule has 2 saturated heterocycles. The van der Waals surface area contributed by atoms with Crippen LogP contribution in [0.2, 0.25) is 0 Å². The minimum absolute atomic E-state index is 0.00200. The number of aryl methyl sites for hydroxylation is 1. The second kappa shape index (κ2) is 7.84. The highest BCUT2D eigenvalue weighted by molar-refractivity contribution is 7.09. The van der Waals surface area contributed by atoms with Crippen molar-refractivity contribution in [2.45, 2.75) is 51.0 Å². The first kappa shape index (κ1) is 17.6. The van der Waals surface area contributed by atoms with Crippen molar-refractivity contribution in [1.82, 2.24) is 30.2 Å². The zero-order valence-corrected chi connectivity index (χ0v) is 16.0. The summed E-state index contributed by atoms with van der Waals surface area (Å²) in [6.45, 7) is 5.64. The quantitative estimate of drug-likeness (QED) is 0.888. The maximum atomic E-state index is 12.9. The summed E-state index contributed by atoms with van der Waals surface area (Å²) in [4.78, 5) is 19.6. The lowest BCUT2D eigenvalue weighted by Crippen LogP contribution is -2.39. The maximum absolute atomic E-state index is 12.9. The van der Waals surface area contributed by atoms with Crippen LogP contribution >= 0.6 is 11.3 Å². The van der Waals surface area contributed by atoms with Gasteiger partial charge in [0, 0.05) is 24.4 Å². The number of carbonyl (C=O) groups is 1. The average Bonchev–Trinajstić information content (AvgIpc) is 3.38. The van der Waals surface area contributed by atoms with Crippen molar-refractivity contribution >= 4 is 17.2 Å². The Balaban J connectivity index is 1.43. The molecule has 0 aliphatic carbocycles. The van der Waals surface area contributed by atoms with E-state index >= 15 is 0 Å². The van der Waals surface area contributed by atoms with Crippen LogP contribution in [0, 0.1) is 0 Å². The van der Waals surface area contributed by atoms with Crippen LogP contribution in [0.25, 0.3) is 0 Å². The highest BCUT2D eigenvalue weighted by Gasteiger charge is 2.29. The highest BCUT2D eigenvalue weighted by Crippen LogP contribution is 2.30. The van der Waals surface area contributed by atoms with Crippen LogP contribution in [0.1, 0.15) is 65.8 Å². The molecular weight excluding hydrogens is 348 g/mol. The molecule has 1 N–H and O–H groups in total. The van der Waals surface area contributed by atoms with Gasteiger partial charge in [-0.1, -0.05) is 12.1 Å². The third-order valence-corrected chi connectivity index (χ3v) is 6.46. The van der Waals surface area contributed by atoms with E-state index in [4.69, 9.17) is 4.98 Å². The van der Waals surface area contributed by atoms with Gasteiger partial charge in [-0.3, -0.25) is 4.79 Å². The second-order valence-electron chi connectivity index (χ2n) is 7.19. The molecule has 0 bridgehead atoms. The van der Waals surface area contributed by atoms with Crippen molar-refractivity contribution in [3.05, 3.63) is 28.0 Å². The standard InChI is InChI=1S/C18H26N6OS/c1-2-14-12-26-17(20-14)13-4-3-9-23(10-13)18(25)16-11-24(22-21-16)15-5-7-19-8-6-15/h11-13,15,19H,2-10H2,1H3. The number of carbonyl (C=O) groups excluding carboxylic acids is 1. The Bertz CT molecular complexity index is 750. The summed E-state index contributed by atoms with van der Waals surface area (Å²) in [6.07, 6.45) is 6.98. The third-order valence-electron chi connectivity index (χ3n) is 5.40. The normalized spacial score (nSPS) is 21.9. The molecule has 1 amide bonds. The molecule has 1 unspecified atom stereocenters. The van der Waals surface area contributed by atoms with Gasteiger partial charge in [-0.2, -0.15) is 0 Å². The van der Waals surface area contributed by atoms with Gasteiger partial charge in [-0.25, -0.2) is 9.67 Å². The number of aromatic nitrogens is 4. The summed E-state index contributed by atoms with van der Waals surface area (Å²) < 4.78 is 1.88. The molecule has 2 aromatic heterocycles. The largest absolute Gasteiger partial charge is 0.337 e. The molecule has 0 saturated carbocycles. The predicted octanol–water partition coefficient (Wildman–Crippen LogP) is 2.24. The monoisotopic (exact) mass is 374 g/mol. The molecular formula is C18H26N6OS. The number of thiazole rings is 1. The van der Waals surface area contributed by atoms with Crippen LogP contribution in [0.5, 0.6) is 0 Å².